The van der Waals surface area contributed by atoms with Crippen LogP contribution < -0.4 is 4.74 Å². The number of rotatable bonds is 3. The van der Waals surface area contributed by atoms with Gasteiger partial charge < -0.3 is 9.64 Å². The maximum absolute atomic E-state index is 12.3. The van der Waals surface area contributed by atoms with Crippen LogP contribution in [0.5, 0.6) is 5.75 Å². The van der Waals surface area contributed by atoms with Crippen molar-refractivity contribution in [3.05, 3.63) is 28.2 Å². The van der Waals surface area contributed by atoms with Gasteiger partial charge >= 0.3 is 0 Å². The zero-order chi connectivity index (χ0) is 13.1. The number of methoxy groups -OCH3 is 1. The fourth-order valence-corrected chi connectivity index (χ4v) is 3.00. The van der Waals surface area contributed by atoms with Gasteiger partial charge in [0.15, 0.2) is 0 Å². The Bertz CT molecular complexity index is 441. The molecule has 0 spiro atoms. The monoisotopic (exact) mass is 311 g/mol. The molecule has 98 valence electrons. The van der Waals surface area contributed by atoms with Gasteiger partial charge in [-0.3, -0.25) is 4.79 Å². The first-order valence-electron chi connectivity index (χ1n) is 6.24. The topological polar surface area (TPSA) is 29.5 Å². The van der Waals surface area contributed by atoms with Crippen molar-refractivity contribution in [1.82, 2.24) is 4.90 Å². The molecule has 0 atom stereocenters. The van der Waals surface area contributed by atoms with E-state index in [-0.39, 0.29) is 5.91 Å². The lowest BCUT2D eigenvalue weighted by Crippen LogP contribution is -2.35. The Morgan fingerprint density at radius 2 is 2.06 bits per heavy atom. The van der Waals surface area contributed by atoms with Crippen molar-refractivity contribution in [2.75, 3.05) is 14.2 Å². The van der Waals surface area contributed by atoms with Gasteiger partial charge in [0.25, 0.3) is 5.91 Å². The highest BCUT2D eigenvalue weighted by Gasteiger charge is 2.24. The normalized spacial score (nSPS) is 15.7. The number of carbonyl (C=O) groups is 1. The quantitative estimate of drug-likeness (QED) is 0.855. The van der Waals surface area contributed by atoms with Crippen molar-refractivity contribution in [2.45, 2.75) is 31.7 Å². The third kappa shape index (κ3) is 2.69. The van der Waals surface area contributed by atoms with Crippen molar-refractivity contribution in [2.24, 2.45) is 0 Å². The first kappa shape index (κ1) is 13.4. The summed E-state index contributed by atoms with van der Waals surface area (Å²) in [4.78, 5) is 14.2. The molecule has 1 saturated carbocycles. The lowest BCUT2D eigenvalue weighted by molar-refractivity contribution is 0.0735. The van der Waals surface area contributed by atoms with E-state index in [1.165, 1.54) is 12.8 Å². The summed E-state index contributed by atoms with van der Waals surface area (Å²) >= 11 is 3.41. The number of hydrogen-bond acceptors (Lipinski definition) is 2. The Kier molecular flexibility index (Phi) is 4.27. The molecular formula is C14H18BrNO2. The van der Waals surface area contributed by atoms with E-state index in [2.05, 4.69) is 15.9 Å². The van der Waals surface area contributed by atoms with E-state index >= 15 is 0 Å². The van der Waals surface area contributed by atoms with Crippen LogP contribution in [0.25, 0.3) is 0 Å². The number of halogens is 1. The van der Waals surface area contributed by atoms with E-state index in [0.29, 0.717) is 11.6 Å². The Morgan fingerprint density at radius 1 is 1.39 bits per heavy atom. The number of carbonyl (C=O) groups excluding carboxylic acids is 1. The fraction of sp³-hybridized carbons (Fsp3) is 0.500. The summed E-state index contributed by atoms with van der Waals surface area (Å²) in [7, 11) is 3.52. The summed E-state index contributed by atoms with van der Waals surface area (Å²) in [5.74, 6) is 0.834. The number of ether oxygens (including phenoxy) is 1. The van der Waals surface area contributed by atoms with Crippen LogP contribution in [-0.4, -0.2) is 31.0 Å². The van der Waals surface area contributed by atoms with E-state index in [1.807, 2.05) is 30.1 Å². The van der Waals surface area contributed by atoms with Gasteiger partial charge in [-0.05, 0) is 47.0 Å². The number of nitrogens with zero attached hydrogens (tertiary/aromatic N) is 1. The van der Waals surface area contributed by atoms with Crippen LogP contribution in [0.2, 0.25) is 0 Å². The molecule has 3 nitrogen and oxygen atoms in total. The van der Waals surface area contributed by atoms with Crippen LogP contribution in [0.3, 0.4) is 0 Å². The number of hydrogen-bond donors (Lipinski definition) is 0. The molecule has 0 unspecified atom stereocenters. The summed E-state index contributed by atoms with van der Waals surface area (Å²) < 4.78 is 5.98. The molecule has 4 heteroatoms. The molecule has 0 aliphatic heterocycles. The molecule has 0 radical (unpaired) electrons. The summed E-state index contributed by atoms with van der Waals surface area (Å²) in [5.41, 5.74) is 0.706. The number of benzene rings is 1. The molecule has 1 amide bonds. The van der Waals surface area contributed by atoms with Gasteiger partial charge in [-0.15, -0.1) is 0 Å². The summed E-state index contributed by atoms with van der Waals surface area (Å²) in [5, 5.41) is 0. The average molecular weight is 312 g/mol. The van der Waals surface area contributed by atoms with E-state index in [9.17, 15) is 4.79 Å². The van der Waals surface area contributed by atoms with Crippen LogP contribution >= 0.6 is 15.9 Å². The van der Waals surface area contributed by atoms with Gasteiger partial charge in [-0.25, -0.2) is 0 Å². The molecule has 0 saturated heterocycles. The van der Waals surface area contributed by atoms with E-state index in [4.69, 9.17) is 4.74 Å². The molecular weight excluding hydrogens is 294 g/mol. The summed E-state index contributed by atoms with van der Waals surface area (Å²) in [6, 6.07) is 5.86. The second kappa shape index (κ2) is 5.74. The van der Waals surface area contributed by atoms with Crippen molar-refractivity contribution in [1.29, 1.82) is 0 Å². The molecule has 0 N–H and O–H groups in total. The van der Waals surface area contributed by atoms with Crippen molar-refractivity contribution >= 4 is 21.8 Å². The zero-order valence-corrected chi connectivity index (χ0v) is 12.4. The molecule has 1 aliphatic carbocycles. The summed E-state index contributed by atoms with van der Waals surface area (Å²) in [6.07, 6.45) is 4.71. The summed E-state index contributed by atoms with van der Waals surface area (Å²) in [6.45, 7) is 0. The fourth-order valence-electron chi connectivity index (χ4n) is 2.46. The smallest absolute Gasteiger partial charge is 0.253 e. The molecule has 0 aromatic heterocycles. The molecule has 0 heterocycles. The van der Waals surface area contributed by atoms with E-state index in [1.54, 1.807) is 7.11 Å². The predicted octanol–water partition coefficient (Wildman–Crippen LogP) is 3.47. The third-order valence-corrected chi connectivity index (χ3v) is 4.21. The molecule has 2 rings (SSSR count). The lowest BCUT2D eigenvalue weighted by atomic mass is 10.1. The third-order valence-electron chi connectivity index (χ3n) is 3.59. The average Bonchev–Trinajstić information content (AvgIpc) is 2.90. The number of amides is 1. The van der Waals surface area contributed by atoms with Crippen LogP contribution in [-0.2, 0) is 0 Å². The van der Waals surface area contributed by atoms with Crippen LogP contribution in [0.1, 0.15) is 36.0 Å². The van der Waals surface area contributed by atoms with Crippen molar-refractivity contribution < 1.29 is 9.53 Å². The highest BCUT2D eigenvalue weighted by molar-refractivity contribution is 9.10. The molecule has 1 aromatic carbocycles. The predicted molar refractivity (Wildman–Crippen MR) is 75.0 cm³/mol. The largest absolute Gasteiger partial charge is 0.496 e. The Balaban J connectivity index is 2.15. The van der Waals surface area contributed by atoms with Gasteiger partial charge in [0, 0.05) is 18.7 Å². The van der Waals surface area contributed by atoms with Gasteiger partial charge in [-0.1, -0.05) is 12.8 Å². The maximum Gasteiger partial charge on any atom is 0.253 e. The minimum Gasteiger partial charge on any atom is -0.496 e. The minimum absolute atomic E-state index is 0.0882. The Morgan fingerprint density at radius 3 is 2.61 bits per heavy atom. The van der Waals surface area contributed by atoms with Crippen LogP contribution in [0.4, 0.5) is 0 Å². The zero-order valence-electron chi connectivity index (χ0n) is 10.8. The van der Waals surface area contributed by atoms with Gasteiger partial charge in [-0.2, -0.15) is 0 Å². The lowest BCUT2D eigenvalue weighted by Gasteiger charge is -2.24. The van der Waals surface area contributed by atoms with Crippen molar-refractivity contribution in [3.8, 4) is 5.75 Å². The molecule has 0 bridgehead atoms. The van der Waals surface area contributed by atoms with E-state index in [0.717, 1.165) is 23.1 Å². The molecule has 18 heavy (non-hydrogen) atoms. The van der Waals surface area contributed by atoms with Crippen LogP contribution in [0, 0.1) is 0 Å². The van der Waals surface area contributed by atoms with Gasteiger partial charge in [0.1, 0.15) is 5.75 Å². The minimum atomic E-state index is 0.0882. The highest BCUT2D eigenvalue weighted by atomic mass is 79.9. The second-order valence-corrected chi connectivity index (χ2v) is 5.56. The molecule has 1 aromatic rings. The first-order chi connectivity index (χ1) is 8.63. The SMILES string of the molecule is COc1ccc(C(=O)N(C)C2CCCC2)cc1Br. The molecule has 1 fully saturated rings. The van der Waals surface area contributed by atoms with Gasteiger partial charge in [0.2, 0.25) is 0 Å². The first-order valence-corrected chi connectivity index (χ1v) is 7.03. The molecule has 1 aliphatic rings. The highest BCUT2D eigenvalue weighted by Crippen LogP contribution is 2.28. The maximum atomic E-state index is 12.3. The second-order valence-electron chi connectivity index (χ2n) is 4.70. The van der Waals surface area contributed by atoms with E-state index < -0.39 is 0 Å². The Hall–Kier alpha value is -1.03. The standard InChI is InChI=1S/C14H18BrNO2/c1-16(11-5-3-4-6-11)14(17)10-7-8-13(18-2)12(15)9-10/h7-9,11H,3-6H2,1-2H3. The van der Waals surface area contributed by atoms with Crippen molar-refractivity contribution in [3.63, 3.8) is 0 Å². The van der Waals surface area contributed by atoms with Crippen LogP contribution in [0.15, 0.2) is 22.7 Å². The Labute approximate surface area is 116 Å². The van der Waals surface area contributed by atoms with Gasteiger partial charge in [0.05, 0.1) is 11.6 Å².